The monoisotopic (exact) mass is 359 g/mol. The van der Waals surface area contributed by atoms with Gasteiger partial charge >= 0.3 is 0 Å². The molecule has 2 atom stereocenters. The SMILES string of the molecule is CNc1nc(Cl)cc(N2CC(C(=O)Nc3ccccc3)CCC2C)n1. The zero-order valence-electron chi connectivity index (χ0n) is 14.4. The first-order chi connectivity index (χ1) is 12.1. The van der Waals surface area contributed by atoms with Crippen LogP contribution in [0.25, 0.3) is 0 Å². The number of nitrogens with one attached hydrogen (secondary N) is 2. The van der Waals surface area contributed by atoms with Crippen molar-refractivity contribution in [2.75, 3.05) is 29.1 Å². The molecule has 1 fully saturated rings. The summed E-state index contributed by atoms with van der Waals surface area (Å²) >= 11 is 6.10. The quantitative estimate of drug-likeness (QED) is 0.818. The average Bonchev–Trinajstić information content (AvgIpc) is 2.62. The van der Waals surface area contributed by atoms with Crippen molar-refractivity contribution in [1.82, 2.24) is 9.97 Å². The average molecular weight is 360 g/mol. The van der Waals surface area contributed by atoms with Crippen molar-refractivity contribution in [3.8, 4) is 0 Å². The predicted octanol–water partition coefficient (Wildman–Crippen LogP) is 3.42. The van der Waals surface area contributed by atoms with Gasteiger partial charge in [0.25, 0.3) is 0 Å². The lowest BCUT2D eigenvalue weighted by Gasteiger charge is -2.38. The number of hydrogen-bond donors (Lipinski definition) is 2. The van der Waals surface area contributed by atoms with E-state index < -0.39 is 0 Å². The van der Waals surface area contributed by atoms with Crippen molar-refractivity contribution in [3.05, 3.63) is 41.6 Å². The van der Waals surface area contributed by atoms with Crippen LogP contribution < -0.4 is 15.5 Å². The van der Waals surface area contributed by atoms with Crippen molar-refractivity contribution >= 4 is 35.0 Å². The Bertz CT molecular complexity index is 740. The molecule has 0 spiro atoms. The predicted molar refractivity (Wildman–Crippen MR) is 101 cm³/mol. The highest BCUT2D eigenvalue weighted by molar-refractivity contribution is 6.29. The normalized spacial score (nSPS) is 20.2. The van der Waals surface area contributed by atoms with E-state index in [2.05, 4.69) is 32.4 Å². The zero-order valence-corrected chi connectivity index (χ0v) is 15.1. The number of aromatic nitrogens is 2. The lowest BCUT2D eigenvalue weighted by Crippen LogP contribution is -2.46. The Balaban J connectivity index is 1.75. The van der Waals surface area contributed by atoms with Crippen LogP contribution in [0.15, 0.2) is 36.4 Å². The summed E-state index contributed by atoms with van der Waals surface area (Å²) in [5.41, 5.74) is 0.820. The smallest absolute Gasteiger partial charge is 0.229 e. The Hall–Kier alpha value is -2.34. The molecule has 1 saturated heterocycles. The minimum absolute atomic E-state index is 0.0390. The number of rotatable bonds is 4. The number of para-hydroxylation sites is 1. The van der Waals surface area contributed by atoms with Gasteiger partial charge in [0.15, 0.2) is 0 Å². The molecule has 0 radical (unpaired) electrons. The zero-order chi connectivity index (χ0) is 17.8. The lowest BCUT2D eigenvalue weighted by atomic mass is 9.92. The number of anilines is 3. The number of hydrogen-bond acceptors (Lipinski definition) is 5. The molecule has 0 aliphatic carbocycles. The van der Waals surface area contributed by atoms with Crippen LogP contribution in [-0.2, 0) is 4.79 Å². The van der Waals surface area contributed by atoms with Crippen LogP contribution in [0.2, 0.25) is 5.15 Å². The molecule has 1 aliphatic rings. The van der Waals surface area contributed by atoms with E-state index in [1.54, 1.807) is 13.1 Å². The highest BCUT2D eigenvalue weighted by atomic mass is 35.5. The third-order valence-electron chi connectivity index (χ3n) is 4.49. The third kappa shape index (κ3) is 4.20. The van der Waals surface area contributed by atoms with Gasteiger partial charge in [0.1, 0.15) is 11.0 Å². The molecule has 6 nitrogen and oxygen atoms in total. The van der Waals surface area contributed by atoms with Crippen molar-refractivity contribution in [3.63, 3.8) is 0 Å². The summed E-state index contributed by atoms with van der Waals surface area (Å²) in [7, 11) is 1.76. The summed E-state index contributed by atoms with van der Waals surface area (Å²) in [6.45, 7) is 2.75. The second kappa shape index (κ2) is 7.70. The molecule has 7 heteroatoms. The van der Waals surface area contributed by atoms with E-state index in [9.17, 15) is 4.79 Å². The molecule has 1 amide bonds. The summed E-state index contributed by atoms with van der Waals surface area (Å²) in [5, 5.41) is 6.30. The minimum Gasteiger partial charge on any atom is -0.357 e. The number of halogens is 1. The van der Waals surface area contributed by atoms with E-state index in [1.807, 2.05) is 30.3 Å². The first-order valence-corrected chi connectivity index (χ1v) is 8.79. The van der Waals surface area contributed by atoms with Crippen LogP contribution in [0.3, 0.4) is 0 Å². The van der Waals surface area contributed by atoms with Crippen molar-refractivity contribution in [2.45, 2.75) is 25.8 Å². The van der Waals surface area contributed by atoms with Gasteiger partial charge in [-0.05, 0) is 31.9 Å². The van der Waals surface area contributed by atoms with E-state index >= 15 is 0 Å². The number of carbonyl (C=O) groups is 1. The van der Waals surface area contributed by atoms with Crippen molar-refractivity contribution in [1.29, 1.82) is 0 Å². The van der Waals surface area contributed by atoms with Gasteiger partial charge in [-0.3, -0.25) is 4.79 Å². The van der Waals surface area contributed by atoms with Gasteiger partial charge in [-0.2, -0.15) is 4.98 Å². The Morgan fingerprint density at radius 3 is 2.72 bits per heavy atom. The van der Waals surface area contributed by atoms with Crippen molar-refractivity contribution < 1.29 is 4.79 Å². The van der Waals surface area contributed by atoms with E-state index in [-0.39, 0.29) is 17.9 Å². The second-order valence-electron chi connectivity index (χ2n) is 6.25. The first-order valence-electron chi connectivity index (χ1n) is 8.41. The molecule has 0 saturated carbocycles. The van der Waals surface area contributed by atoms with E-state index in [1.165, 1.54) is 0 Å². The molecule has 132 valence electrons. The van der Waals surface area contributed by atoms with E-state index in [4.69, 9.17) is 11.6 Å². The maximum absolute atomic E-state index is 12.6. The number of piperidine rings is 1. The van der Waals surface area contributed by atoms with Crippen LogP contribution in [-0.4, -0.2) is 35.5 Å². The van der Waals surface area contributed by atoms with Crippen LogP contribution in [0.5, 0.6) is 0 Å². The Morgan fingerprint density at radius 2 is 2.00 bits per heavy atom. The molecule has 2 unspecified atom stereocenters. The molecule has 2 N–H and O–H groups in total. The Morgan fingerprint density at radius 1 is 1.24 bits per heavy atom. The van der Waals surface area contributed by atoms with E-state index in [0.717, 1.165) is 24.3 Å². The molecule has 0 bridgehead atoms. The van der Waals surface area contributed by atoms with Gasteiger partial charge in [0, 0.05) is 31.4 Å². The van der Waals surface area contributed by atoms with Crippen LogP contribution in [0.1, 0.15) is 19.8 Å². The fourth-order valence-electron chi connectivity index (χ4n) is 3.07. The second-order valence-corrected chi connectivity index (χ2v) is 6.64. The van der Waals surface area contributed by atoms with Gasteiger partial charge in [0.05, 0.1) is 5.92 Å². The maximum Gasteiger partial charge on any atom is 0.229 e. The van der Waals surface area contributed by atoms with Crippen LogP contribution >= 0.6 is 11.6 Å². The number of benzene rings is 1. The highest BCUT2D eigenvalue weighted by Gasteiger charge is 2.31. The van der Waals surface area contributed by atoms with Crippen molar-refractivity contribution in [2.24, 2.45) is 5.92 Å². The molecule has 1 aromatic carbocycles. The first kappa shape index (κ1) is 17.5. The molecule has 1 aromatic heterocycles. The lowest BCUT2D eigenvalue weighted by molar-refractivity contribution is -0.120. The molecular weight excluding hydrogens is 338 g/mol. The molecular formula is C18H22ClN5O. The molecule has 2 heterocycles. The summed E-state index contributed by atoms with van der Waals surface area (Å²) in [6.07, 6.45) is 1.78. The summed E-state index contributed by atoms with van der Waals surface area (Å²) in [4.78, 5) is 23.4. The van der Waals surface area contributed by atoms with Gasteiger partial charge in [-0.15, -0.1) is 0 Å². The number of amides is 1. The molecule has 25 heavy (non-hydrogen) atoms. The molecule has 1 aliphatic heterocycles. The molecule has 2 aromatic rings. The summed E-state index contributed by atoms with van der Waals surface area (Å²) in [6, 6.07) is 11.6. The highest BCUT2D eigenvalue weighted by Crippen LogP contribution is 2.29. The molecule has 3 rings (SSSR count). The number of carbonyl (C=O) groups excluding carboxylic acids is 1. The Kier molecular flexibility index (Phi) is 5.38. The van der Waals surface area contributed by atoms with Crippen LogP contribution in [0, 0.1) is 5.92 Å². The van der Waals surface area contributed by atoms with E-state index in [0.29, 0.717) is 17.6 Å². The summed E-state index contributed by atoms with van der Waals surface area (Å²) < 4.78 is 0. The number of nitrogens with zero attached hydrogens (tertiary/aromatic N) is 3. The minimum atomic E-state index is -0.0943. The summed E-state index contributed by atoms with van der Waals surface area (Å²) in [5.74, 6) is 1.17. The Labute approximate surface area is 152 Å². The topological polar surface area (TPSA) is 70.2 Å². The van der Waals surface area contributed by atoms with Gasteiger partial charge in [-0.1, -0.05) is 29.8 Å². The maximum atomic E-state index is 12.6. The largest absolute Gasteiger partial charge is 0.357 e. The fraction of sp³-hybridized carbons (Fsp3) is 0.389. The third-order valence-corrected chi connectivity index (χ3v) is 4.69. The van der Waals surface area contributed by atoms with Gasteiger partial charge < -0.3 is 15.5 Å². The standard InChI is InChI=1S/C18H22ClN5O/c1-12-8-9-13(17(25)21-14-6-4-3-5-7-14)11-24(12)16-10-15(19)22-18(20-2)23-16/h3-7,10,12-13H,8-9,11H2,1-2H3,(H,21,25)(H,20,22,23). The van der Waals surface area contributed by atoms with Gasteiger partial charge in [-0.25, -0.2) is 4.98 Å². The van der Waals surface area contributed by atoms with Crippen LogP contribution in [0.4, 0.5) is 17.5 Å². The fourth-order valence-corrected chi connectivity index (χ4v) is 3.25. The van der Waals surface area contributed by atoms with Gasteiger partial charge in [0.2, 0.25) is 11.9 Å².